The van der Waals surface area contributed by atoms with E-state index in [9.17, 15) is 5.11 Å². The van der Waals surface area contributed by atoms with Crippen molar-refractivity contribution in [1.29, 1.82) is 0 Å². The molecule has 0 saturated carbocycles. The fourth-order valence-electron chi connectivity index (χ4n) is 1.47. The van der Waals surface area contributed by atoms with Crippen molar-refractivity contribution in [3.05, 3.63) is 29.8 Å². The summed E-state index contributed by atoms with van der Waals surface area (Å²) in [6.07, 6.45) is -0.399. The average molecular weight is 222 g/mol. The lowest BCUT2D eigenvalue weighted by Gasteiger charge is -2.22. The van der Waals surface area contributed by atoms with Crippen molar-refractivity contribution in [3.8, 4) is 5.75 Å². The molecule has 1 aromatic rings. The van der Waals surface area contributed by atoms with Crippen molar-refractivity contribution in [1.82, 2.24) is 0 Å². The first kappa shape index (κ1) is 13.0. The fourth-order valence-corrected chi connectivity index (χ4v) is 1.47. The predicted octanol–water partition coefficient (Wildman–Crippen LogP) is 3.55. The van der Waals surface area contributed by atoms with Crippen LogP contribution < -0.4 is 4.74 Å². The van der Waals surface area contributed by atoms with E-state index in [2.05, 4.69) is 0 Å². The molecule has 2 heteroatoms. The highest BCUT2D eigenvalue weighted by Crippen LogP contribution is 2.24. The van der Waals surface area contributed by atoms with E-state index < -0.39 is 6.10 Å². The number of rotatable bonds is 3. The molecule has 1 rings (SSSR count). The monoisotopic (exact) mass is 222 g/mol. The summed E-state index contributed by atoms with van der Waals surface area (Å²) in [5.74, 6) is 1.07. The molecule has 0 aliphatic rings. The molecule has 0 aliphatic heterocycles. The van der Waals surface area contributed by atoms with Crippen molar-refractivity contribution in [2.24, 2.45) is 5.92 Å². The summed E-state index contributed by atoms with van der Waals surface area (Å²) in [6, 6.07) is 7.66. The molecule has 90 valence electrons. The number of hydrogen-bond donors (Lipinski definition) is 1. The van der Waals surface area contributed by atoms with Gasteiger partial charge in [0.1, 0.15) is 11.4 Å². The number of aliphatic hydroxyl groups excluding tert-OH is 1. The maximum absolute atomic E-state index is 9.88. The van der Waals surface area contributed by atoms with Gasteiger partial charge in [0.05, 0.1) is 6.10 Å². The van der Waals surface area contributed by atoms with E-state index in [1.54, 1.807) is 0 Å². The van der Waals surface area contributed by atoms with Crippen LogP contribution >= 0.6 is 0 Å². The van der Waals surface area contributed by atoms with Gasteiger partial charge in [0.2, 0.25) is 0 Å². The van der Waals surface area contributed by atoms with Crippen molar-refractivity contribution in [3.63, 3.8) is 0 Å². The van der Waals surface area contributed by atoms with E-state index in [0.717, 1.165) is 11.3 Å². The van der Waals surface area contributed by atoms with Crippen LogP contribution in [0.4, 0.5) is 0 Å². The second kappa shape index (κ2) is 4.88. The third kappa shape index (κ3) is 3.86. The molecular formula is C14H22O2. The van der Waals surface area contributed by atoms with Crippen molar-refractivity contribution in [2.45, 2.75) is 46.3 Å². The molecule has 0 aromatic heterocycles. The molecule has 1 N–H and O–H groups in total. The Morgan fingerprint density at radius 1 is 1.06 bits per heavy atom. The third-order valence-electron chi connectivity index (χ3n) is 2.28. The van der Waals surface area contributed by atoms with Gasteiger partial charge < -0.3 is 9.84 Å². The second-order valence-electron chi connectivity index (χ2n) is 5.47. The van der Waals surface area contributed by atoms with E-state index in [4.69, 9.17) is 4.74 Å². The fraction of sp³-hybridized carbons (Fsp3) is 0.571. The largest absolute Gasteiger partial charge is 0.488 e. The number of ether oxygens (including phenoxy) is 1. The quantitative estimate of drug-likeness (QED) is 0.847. The van der Waals surface area contributed by atoms with Gasteiger partial charge in [-0.1, -0.05) is 26.0 Å². The van der Waals surface area contributed by atoms with Gasteiger partial charge >= 0.3 is 0 Å². The molecule has 0 saturated heterocycles. The van der Waals surface area contributed by atoms with E-state index in [0.29, 0.717) is 0 Å². The van der Waals surface area contributed by atoms with Gasteiger partial charge in [0, 0.05) is 0 Å². The van der Waals surface area contributed by atoms with Gasteiger partial charge in [-0.2, -0.15) is 0 Å². The standard InChI is InChI=1S/C14H22O2/c1-10(2)13(15)11-6-8-12(9-7-11)16-14(3,4)5/h6-10,13,15H,1-5H3. The topological polar surface area (TPSA) is 29.5 Å². The SMILES string of the molecule is CC(C)C(O)c1ccc(OC(C)(C)C)cc1. The van der Waals surface area contributed by atoms with Gasteiger partial charge in [0.25, 0.3) is 0 Å². The van der Waals surface area contributed by atoms with Crippen LogP contribution in [-0.4, -0.2) is 10.7 Å². The zero-order valence-corrected chi connectivity index (χ0v) is 10.8. The Bertz CT molecular complexity index is 320. The molecule has 16 heavy (non-hydrogen) atoms. The molecule has 0 fully saturated rings. The summed E-state index contributed by atoms with van der Waals surface area (Å²) >= 11 is 0. The molecule has 0 bridgehead atoms. The maximum Gasteiger partial charge on any atom is 0.120 e. The second-order valence-corrected chi connectivity index (χ2v) is 5.47. The first-order chi connectivity index (χ1) is 7.29. The highest BCUT2D eigenvalue weighted by atomic mass is 16.5. The van der Waals surface area contributed by atoms with Crippen LogP contribution in [0.3, 0.4) is 0 Å². The molecule has 1 unspecified atom stereocenters. The molecule has 0 amide bonds. The molecule has 0 spiro atoms. The minimum atomic E-state index is -0.399. The Morgan fingerprint density at radius 2 is 1.56 bits per heavy atom. The summed E-state index contributed by atoms with van der Waals surface area (Å²) in [7, 11) is 0. The Labute approximate surface area is 98.3 Å². The van der Waals surface area contributed by atoms with E-state index in [1.807, 2.05) is 58.9 Å². The van der Waals surface area contributed by atoms with Crippen LogP contribution in [0.2, 0.25) is 0 Å². The van der Waals surface area contributed by atoms with Crippen LogP contribution in [-0.2, 0) is 0 Å². The number of aliphatic hydroxyl groups is 1. The minimum Gasteiger partial charge on any atom is -0.488 e. The van der Waals surface area contributed by atoms with Gasteiger partial charge in [-0.25, -0.2) is 0 Å². The van der Waals surface area contributed by atoms with Gasteiger partial charge in [-0.15, -0.1) is 0 Å². The lowest BCUT2D eigenvalue weighted by Crippen LogP contribution is -2.22. The van der Waals surface area contributed by atoms with Crippen molar-refractivity contribution in [2.75, 3.05) is 0 Å². The summed E-state index contributed by atoms with van der Waals surface area (Å²) in [4.78, 5) is 0. The normalized spacial score (nSPS) is 13.9. The predicted molar refractivity (Wildman–Crippen MR) is 66.6 cm³/mol. The van der Waals surface area contributed by atoms with Crippen LogP contribution in [0.15, 0.2) is 24.3 Å². The van der Waals surface area contributed by atoms with E-state index >= 15 is 0 Å². The molecule has 0 radical (unpaired) electrons. The van der Waals surface area contributed by atoms with Gasteiger partial charge in [-0.05, 0) is 44.4 Å². The zero-order chi connectivity index (χ0) is 12.3. The summed E-state index contributed by atoms with van der Waals surface area (Å²) < 4.78 is 5.72. The van der Waals surface area contributed by atoms with Crippen LogP contribution in [0.5, 0.6) is 5.75 Å². The molecule has 0 heterocycles. The molecule has 2 nitrogen and oxygen atoms in total. The van der Waals surface area contributed by atoms with Crippen molar-refractivity contribution < 1.29 is 9.84 Å². The summed E-state index contributed by atoms with van der Waals surface area (Å²) in [6.45, 7) is 10.1. The Hall–Kier alpha value is -1.02. The maximum atomic E-state index is 9.88. The lowest BCUT2D eigenvalue weighted by atomic mass is 9.99. The Balaban J connectivity index is 2.76. The van der Waals surface area contributed by atoms with Gasteiger partial charge in [0.15, 0.2) is 0 Å². The molecule has 1 atom stereocenters. The number of hydrogen-bond acceptors (Lipinski definition) is 2. The zero-order valence-electron chi connectivity index (χ0n) is 10.8. The summed E-state index contributed by atoms with van der Waals surface area (Å²) in [5, 5.41) is 9.88. The highest BCUT2D eigenvalue weighted by molar-refractivity contribution is 5.29. The van der Waals surface area contributed by atoms with Gasteiger partial charge in [-0.3, -0.25) is 0 Å². The molecular weight excluding hydrogens is 200 g/mol. The molecule has 1 aromatic carbocycles. The third-order valence-corrected chi connectivity index (χ3v) is 2.28. The highest BCUT2D eigenvalue weighted by Gasteiger charge is 2.14. The Kier molecular flexibility index (Phi) is 3.98. The average Bonchev–Trinajstić information content (AvgIpc) is 2.15. The van der Waals surface area contributed by atoms with E-state index in [-0.39, 0.29) is 11.5 Å². The number of benzene rings is 1. The minimum absolute atomic E-state index is 0.182. The first-order valence-electron chi connectivity index (χ1n) is 5.76. The summed E-state index contributed by atoms with van der Waals surface area (Å²) in [5.41, 5.74) is 0.759. The molecule has 0 aliphatic carbocycles. The lowest BCUT2D eigenvalue weighted by molar-refractivity contribution is 0.124. The van der Waals surface area contributed by atoms with Crippen LogP contribution in [0.25, 0.3) is 0 Å². The Morgan fingerprint density at radius 3 is 1.94 bits per heavy atom. The van der Waals surface area contributed by atoms with Crippen molar-refractivity contribution >= 4 is 0 Å². The van der Waals surface area contributed by atoms with E-state index in [1.165, 1.54) is 0 Å². The smallest absolute Gasteiger partial charge is 0.120 e. The van der Waals surface area contributed by atoms with Crippen LogP contribution in [0, 0.1) is 5.92 Å². The first-order valence-corrected chi connectivity index (χ1v) is 5.76. The van der Waals surface area contributed by atoms with Crippen LogP contribution in [0.1, 0.15) is 46.3 Å².